The van der Waals surface area contributed by atoms with Crippen molar-refractivity contribution in [2.24, 2.45) is 4.99 Å². The molecule has 0 bridgehead atoms. The van der Waals surface area contributed by atoms with Crippen LogP contribution in [0.5, 0.6) is 17.2 Å². The lowest BCUT2D eigenvalue weighted by Crippen LogP contribution is -2.39. The van der Waals surface area contributed by atoms with Gasteiger partial charge >= 0.3 is 11.9 Å². The molecule has 0 unspecified atom stereocenters. The van der Waals surface area contributed by atoms with Crippen molar-refractivity contribution in [2.75, 3.05) is 34.0 Å². The minimum atomic E-state index is -0.795. The Morgan fingerprint density at radius 1 is 1.07 bits per heavy atom. The van der Waals surface area contributed by atoms with Gasteiger partial charge in [-0.05, 0) is 93.8 Å². The second-order valence-corrected chi connectivity index (χ2v) is 11.5. The molecule has 0 saturated carbocycles. The van der Waals surface area contributed by atoms with Gasteiger partial charge in [0.05, 0.1) is 51.6 Å². The van der Waals surface area contributed by atoms with E-state index in [0.717, 1.165) is 9.13 Å². The van der Waals surface area contributed by atoms with Crippen molar-refractivity contribution in [3.8, 4) is 17.2 Å². The summed E-state index contributed by atoms with van der Waals surface area (Å²) in [6.07, 6.45) is 3.18. The Morgan fingerprint density at radius 2 is 1.80 bits per heavy atom. The van der Waals surface area contributed by atoms with Gasteiger partial charge < -0.3 is 23.7 Å². The number of ether oxygens (including phenoxy) is 5. The topological polar surface area (TPSA) is 115 Å². The largest absolute Gasteiger partial charge is 0.490 e. The van der Waals surface area contributed by atoms with E-state index in [0.29, 0.717) is 49.8 Å². The molecule has 3 aromatic rings. The van der Waals surface area contributed by atoms with Crippen LogP contribution in [0.15, 0.2) is 56.4 Å². The minimum Gasteiger partial charge on any atom is -0.490 e. The maximum atomic E-state index is 13.8. The number of benzene rings is 2. The molecule has 2 heterocycles. The number of esters is 2. The molecule has 0 radical (unpaired) electrons. The van der Waals surface area contributed by atoms with E-state index >= 15 is 0 Å². The Kier molecular flexibility index (Phi) is 10.3. The fraction of sp³-hybridized carbons (Fsp3) is 0.286. The predicted octanol–water partition coefficient (Wildman–Crippen LogP) is 3.73. The summed E-state index contributed by atoms with van der Waals surface area (Å²) < 4.78 is 30.0. The van der Waals surface area contributed by atoms with Crippen LogP contribution < -0.4 is 29.1 Å². The first-order valence-electron chi connectivity index (χ1n) is 12.4. The molecule has 0 spiro atoms. The summed E-state index contributed by atoms with van der Waals surface area (Å²) in [6.45, 7) is 4.37. The molecule has 0 amide bonds. The van der Waals surface area contributed by atoms with Gasteiger partial charge in [0, 0.05) is 6.20 Å². The molecule has 4 rings (SSSR count). The third-order valence-corrected chi connectivity index (χ3v) is 8.28. The van der Waals surface area contributed by atoms with Gasteiger partial charge in [-0.1, -0.05) is 17.4 Å². The third-order valence-electron chi connectivity index (χ3n) is 5.89. The lowest BCUT2D eigenvalue weighted by molar-refractivity contribution is -0.143. The quantitative estimate of drug-likeness (QED) is 0.227. The molecule has 41 heavy (non-hydrogen) atoms. The second-order valence-electron chi connectivity index (χ2n) is 8.43. The Labute approximate surface area is 261 Å². The number of methoxy groups -OCH3 is 2. The number of halogens is 2. The van der Waals surface area contributed by atoms with Crippen LogP contribution in [0.1, 0.15) is 31.0 Å². The normalized spacial score (nSPS) is 14.4. The summed E-state index contributed by atoms with van der Waals surface area (Å²) >= 11 is 6.78. The number of carbonyl (C=O) groups excluding carboxylic acids is 2. The molecule has 2 aromatic carbocycles. The molecule has 216 valence electrons. The molecule has 0 fully saturated rings. The molecule has 1 aliphatic rings. The van der Waals surface area contributed by atoms with Crippen LogP contribution >= 0.6 is 49.9 Å². The van der Waals surface area contributed by atoms with Gasteiger partial charge in [-0.25, -0.2) is 14.6 Å². The fourth-order valence-electron chi connectivity index (χ4n) is 4.13. The van der Waals surface area contributed by atoms with Crippen LogP contribution in [0.3, 0.4) is 0 Å². The highest BCUT2D eigenvalue weighted by Crippen LogP contribution is 2.35. The van der Waals surface area contributed by atoms with Crippen molar-refractivity contribution in [1.82, 2.24) is 4.57 Å². The van der Waals surface area contributed by atoms with Gasteiger partial charge in [-0.15, -0.1) is 0 Å². The number of nitrogens with zero attached hydrogens (tertiary/aromatic N) is 2. The Hall–Kier alpha value is -3.17. The molecule has 13 heteroatoms. The molecule has 0 N–H and O–H groups in total. The van der Waals surface area contributed by atoms with Crippen LogP contribution in [0.25, 0.3) is 6.08 Å². The van der Waals surface area contributed by atoms with E-state index in [1.54, 1.807) is 30.3 Å². The maximum absolute atomic E-state index is 13.8. The SMILES string of the molecule is CCOc1ccc([C@H]2C(C(=O)OC)=CN=c3s/c(=C\c4cc(Br)c(OCC(=O)OC)c(I)c4)c(=O)n32)cc1OCC. The van der Waals surface area contributed by atoms with Crippen molar-refractivity contribution < 1.29 is 33.3 Å². The van der Waals surface area contributed by atoms with Gasteiger partial charge in [0.25, 0.3) is 5.56 Å². The zero-order valence-electron chi connectivity index (χ0n) is 22.6. The smallest absolute Gasteiger partial charge is 0.343 e. The van der Waals surface area contributed by atoms with Crippen LogP contribution in [-0.2, 0) is 19.1 Å². The van der Waals surface area contributed by atoms with E-state index in [2.05, 4.69) is 48.3 Å². The highest BCUT2D eigenvalue weighted by molar-refractivity contribution is 14.1. The number of carbonyl (C=O) groups is 2. The Morgan fingerprint density at radius 3 is 2.46 bits per heavy atom. The average molecular weight is 757 g/mol. The third kappa shape index (κ3) is 6.67. The van der Waals surface area contributed by atoms with E-state index in [1.165, 1.54) is 36.3 Å². The monoisotopic (exact) mass is 756 g/mol. The Balaban J connectivity index is 1.82. The minimum absolute atomic E-state index is 0.211. The summed E-state index contributed by atoms with van der Waals surface area (Å²) in [4.78, 5) is 43.0. The molecular formula is C28H26BrIN2O8S. The van der Waals surface area contributed by atoms with Crippen molar-refractivity contribution in [3.05, 3.63) is 81.0 Å². The molecule has 10 nitrogen and oxygen atoms in total. The zero-order chi connectivity index (χ0) is 29.7. The summed E-state index contributed by atoms with van der Waals surface area (Å²) in [6, 6.07) is 8.14. The lowest BCUT2D eigenvalue weighted by Gasteiger charge is -2.23. The molecule has 0 aliphatic carbocycles. The molecular weight excluding hydrogens is 731 g/mol. The molecule has 1 aromatic heterocycles. The predicted molar refractivity (Wildman–Crippen MR) is 164 cm³/mol. The summed E-state index contributed by atoms with van der Waals surface area (Å²) in [7, 11) is 2.57. The highest BCUT2D eigenvalue weighted by atomic mass is 127. The number of thiazole rings is 1. The van der Waals surface area contributed by atoms with Crippen LogP contribution in [0.4, 0.5) is 0 Å². The number of rotatable bonds is 10. The number of aromatic nitrogens is 1. The highest BCUT2D eigenvalue weighted by Gasteiger charge is 2.31. The summed E-state index contributed by atoms with van der Waals surface area (Å²) in [5.74, 6) is 0.455. The van der Waals surface area contributed by atoms with Crippen LogP contribution in [-0.4, -0.2) is 50.5 Å². The van der Waals surface area contributed by atoms with Gasteiger partial charge in [-0.3, -0.25) is 9.36 Å². The van der Waals surface area contributed by atoms with E-state index < -0.39 is 18.0 Å². The first-order chi connectivity index (χ1) is 19.7. The van der Waals surface area contributed by atoms with Gasteiger partial charge in [-0.2, -0.15) is 0 Å². The lowest BCUT2D eigenvalue weighted by atomic mass is 9.97. The van der Waals surface area contributed by atoms with E-state index in [4.69, 9.17) is 18.9 Å². The van der Waals surface area contributed by atoms with E-state index in [9.17, 15) is 14.4 Å². The Bertz CT molecular complexity index is 1670. The molecule has 1 aliphatic heterocycles. The number of fused-ring (bicyclic) bond motifs is 1. The van der Waals surface area contributed by atoms with Gasteiger partial charge in [0.1, 0.15) is 5.75 Å². The van der Waals surface area contributed by atoms with Crippen molar-refractivity contribution in [1.29, 1.82) is 0 Å². The number of hydrogen-bond acceptors (Lipinski definition) is 10. The van der Waals surface area contributed by atoms with Crippen LogP contribution in [0.2, 0.25) is 0 Å². The van der Waals surface area contributed by atoms with Gasteiger partial charge in [0.2, 0.25) is 0 Å². The van der Waals surface area contributed by atoms with E-state index in [1.807, 2.05) is 19.9 Å². The van der Waals surface area contributed by atoms with Crippen LogP contribution in [0, 0.1) is 3.57 Å². The fourth-order valence-corrected chi connectivity index (χ4v) is 6.87. The maximum Gasteiger partial charge on any atom is 0.343 e. The van der Waals surface area contributed by atoms with Crippen molar-refractivity contribution in [3.63, 3.8) is 0 Å². The first kappa shape index (κ1) is 30.8. The number of hydrogen-bond donors (Lipinski definition) is 0. The average Bonchev–Trinajstić information content (AvgIpc) is 3.27. The van der Waals surface area contributed by atoms with Crippen molar-refractivity contribution >= 4 is 67.9 Å². The van der Waals surface area contributed by atoms with E-state index in [-0.39, 0.29) is 17.7 Å². The summed E-state index contributed by atoms with van der Waals surface area (Å²) in [5, 5.41) is 0. The van der Waals surface area contributed by atoms with Crippen molar-refractivity contribution in [2.45, 2.75) is 19.9 Å². The first-order valence-corrected chi connectivity index (χ1v) is 15.1. The zero-order valence-corrected chi connectivity index (χ0v) is 27.1. The molecule has 0 saturated heterocycles. The molecule has 1 atom stereocenters. The second kappa shape index (κ2) is 13.7. The van der Waals surface area contributed by atoms with Gasteiger partial charge in [0.15, 0.2) is 22.9 Å². The summed E-state index contributed by atoms with van der Waals surface area (Å²) in [5.41, 5.74) is 1.25. The standard InChI is InChI=1S/C28H26BrIN2O8S/c1-5-38-20-8-7-16(12-21(20)39-6-2)24-17(27(35)37-4)13-31-28-32(24)26(34)22(41-28)11-15-9-18(29)25(19(30)10-15)40-14-23(33)36-3/h7-13,24H,5-6,14H2,1-4H3/b22-11-/t24-/m0/s1.